The first kappa shape index (κ1) is 29.4. The predicted octanol–water partition coefficient (Wildman–Crippen LogP) is 5.76. The highest BCUT2D eigenvalue weighted by Gasteiger charge is 2.23. The Bertz CT molecular complexity index is 1190. The summed E-state index contributed by atoms with van der Waals surface area (Å²) in [6.07, 6.45) is 3.17. The molecule has 3 rings (SSSR count). The van der Waals surface area contributed by atoms with Crippen LogP contribution in [0.1, 0.15) is 49.8 Å². The van der Waals surface area contributed by atoms with Gasteiger partial charge in [-0.15, -0.1) is 0 Å². The van der Waals surface area contributed by atoms with Gasteiger partial charge in [0.15, 0.2) is 0 Å². The highest BCUT2D eigenvalue weighted by Crippen LogP contribution is 2.21. The van der Waals surface area contributed by atoms with Crippen LogP contribution >= 0.6 is 0 Å². The van der Waals surface area contributed by atoms with E-state index in [9.17, 15) is 19.5 Å². The Morgan fingerprint density at radius 1 is 0.769 bits per heavy atom. The Balaban J connectivity index is 1.35. The highest BCUT2D eigenvalue weighted by atomic mass is 16.5. The molecule has 1 atom stereocenters. The van der Waals surface area contributed by atoms with Crippen LogP contribution in [0.25, 0.3) is 11.1 Å². The fraction of sp³-hybridized carbons (Fsp3) is 0.344. The van der Waals surface area contributed by atoms with E-state index in [1.54, 1.807) is 13.8 Å². The van der Waals surface area contributed by atoms with Crippen LogP contribution in [0.15, 0.2) is 78.9 Å². The Morgan fingerprint density at radius 3 is 1.92 bits per heavy atom. The molecular weight excluding hydrogens is 492 g/mol. The summed E-state index contributed by atoms with van der Waals surface area (Å²) >= 11 is 0. The third kappa shape index (κ3) is 10.3. The van der Waals surface area contributed by atoms with Crippen molar-refractivity contribution in [3.8, 4) is 11.1 Å². The summed E-state index contributed by atoms with van der Waals surface area (Å²) in [4.78, 5) is 35.3. The minimum absolute atomic E-state index is 0.171. The van der Waals surface area contributed by atoms with E-state index < -0.39 is 18.1 Å². The largest absolute Gasteiger partial charge is 0.480 e. The average Bonchev–Trinajstić information content (AvgIpc) is 2.94. The van der Waals surface area contributed by atoms with Crippen molar-refractivity contribution in [1.82, 2.24) is 10.6 Å². The van der Waals surface area contributed by atoms with E-state index in [1.165, 1.54) is 5.56 Å². The molecule has 206 valence electrons. The van der Waals surface area contributed by atoms with Crippen LogP contribution in [0.4, 0.5) is 4.79 Å². The fourth-order valence-corrected chi connectivity index (χ4v) is 4.16. The molecule has 0 radical (unpaired) electrons. The van der Waals surface area contributed by atoms with E-state index >= 15 is 0 Å². The Hall–Kier alpha value is -4.13. The van der Waals surface area contributed by atoms with Crippen LogP contribution in [0.2, 0.25) is 0 Å². The van der Waals surface area contributed by atoms with Crippen LogP contribution in [-0.4, -0.2) is 35.7 Å². The van der Waals surface area contributed by atoms with Gasteiger partial charge in [-0.25, -0.2) is 9.59 Å². The van der Waals surface area contributed by atoms with Gasteiger partial charge in [0, 0.05) is 13.0 Å². The summed E-state index contributed by atoms with van der Waals surface area (Å²) in [5.41, 5.74) is 5.45. The first-order valence-electron chi connectivity index (χ1n) is 13.5. The summed E-state index contributed by atoms with van der Waals surface area (Å²) in [7, 11) is 0. The number of carbonyl (C=O) groups is 3. The molecule has 3 aromatic carbocycles. The zero-order chi connectivity index (χ0) is 28.0. The van der Waals surface area contributed by atoms with Crippen molar-refractivity contribution in [1.29, 1.82) is 0 Å². The van der Waals surface area contributed by atoms with E-state index in [-0.39, 0.29) is 24.9 Å². The van der Waals surface area contributed by atoms with Gasteiger partial charge in [0.25, 0.3) is 0 Å². The minimum Gasteiger partial charge on any atom is -0.480 e. The summed E-state index contributed by atoms with van der Waals surface area (Å²) < 4.78 is 5.22. The Kier molecular flexibility index (Phi) is 11.6. The molecule has 3 aromatic rings. The molecule has 0 bridgehead atoms. The zero-order valence-corrected chi connectivity index (χ0v) is 22.7. The van der Waals surface area contributed by atoms with Gasteiger partial charge >= 0.3 is 12.1 Å². The smallest absolute Gasteiger partial charge is 0.407 e. The number of amides is 2. The van der Waals surface area contributed by atoms with Gasteiger partial charge in [-0.2, -0.15) is 0 Å². The highest BCUT2D eigenvalue weighted by molar-refractivity contribution is 5.83. The standard InChI is InChI=1S/C32H38N2O5/c1-23(2)30(31(36)37)34-29(35)20-15-25-13-18-28(19-14-25)27-16-11-24(12-17-27)8-6-7-21-33-32(38)39-22-26-9-4-3-5-10-26/h3-5,9-14,16-19,23,30H,6-8,15,20-22H2,1-2H3,(H,33,38)(H,34,35)(H,36,37)/t30-/m0/s1. The van der Waals surface area contributed by atoms with E-state index in [1.807, 2.05) is 54.6 Å². The van der Waals surface area contributed by atoms with Crippen LogP contribution in [-0.2, 0) is 33.8 Å². The van der Waals surface area contributed by atoms with Gasteiger partial charge in [0.1, 0.15) is 12.6 Å². The third-order valence-corrected chi connectivity index (χ3v) is 6.51. The number of nitrogens with one attached hydrogen (secondary N) is 2. The maximum absolute atomic E-state index is 12.2. The number of ether oxygens (including phenoxy) is 1. The number of aliphatic carboxylic acids is 1. The predicted molar refractivity (Wildman–Crippen MR) is 152 cm³/mol. The molecule has 0 saturated heterocycles. The summed E-state index contributed by atoms with van der Waals surface area (Å²) in [5.74, 6) is -1.44. The van der Waals surface area contributed by atoms with Crippen molar-refractivity contribution in [2.24, 2.45) is 5.92 Å². The van der Waals surface area contributed by atoms with Crippen molar-refractivity contribution < 1.29 is 24.2 Å². The summed E-state index contributed by atoms with van der Waals surface area (Å²) in [5, 5.41) is 14.6. The van der Waals surface area contributed by atoms with Gasteiger partial charge in [-0.3, -0.25) is 4.79 Å². The SMILES string of the molecule is CC(C)[C@H](NC(=O)CCc1ccc(-c2ccc(CCCCNC(=O)OCc3ccccc3)cc2)cc1)C(=O)O. The number of benzene rings is 3. The maximum Gasteiger partial charge on any atom is 0.407 e. The van der Waals surface area contributed by atoms with E-state index in [2.05, 4.69) is 34.9 Å². The van der Waals surface area contributed by atoms with Gasteiger partial charge in [-0.05, 0) is 59.4 Å². The molecule has 3 N–H and O–H groups in total. The number of carboxylic acid groups (broad SMARTS) is 1. The lowest BCUT2D eigenvalue weighted by Crippen LogP contribution is -2.44. The van der Waals surface area contributed by atoms with Crippen LogP contribution < -0.4 is 10.6 Å². The molecule has 0 spiro atoms. The molecule has 7 nitrogen and oxygen atoms in total. The van der Waals surface area contributed by atoms with Crippen molar-refractivity contribution >= 4 is 18.0 Å². The zero-order valence-electron chi connectivity index (χ0n) is 22.7. The average molecular weight is 531 g/mol. The minimum atomic E-state index is -1.01. The molecule has 2 amide bonds. The molecule has 0 aliphatic rings. The number of rotatable bonds is 14. The van der Waals surface area contributed by atoms with E-state index in [0.29, 0.717) is 13.0 Å². The Morgan fingerprint density at radius 2 is 1.36 bits per heavy atom. The molecule has 0 saturated carbocycles. The monoisotopic (exact) mass is 530 g/mol. The van der Waals surface area contributed by atoms with Crippen LogP contribution in [0, 0.1) is 5.92 Å². The first-order chi connectivity index (χ1) is 18.8. The molecule has 0 aliphatic carbocycles. The number of carboxylic acids is 1. The van der Waals surface area contributed by atoms with Crippen molar-refractivity contribution in [2.45, 2.75) is 58.6 Å². The number of carbonyl (C=O) groups excluding carboxylic acids is 2. The summed E-state index contributed by atoms with van der Waals surface area (Å²) in [6, 6.07) is 25.3. The molecule has 7 heteroatoms. The Labute approximate surface area is 230 Å². The second kappa shape index (κ2) is 15.3. The van der Waals surface area contributed by atoms with Gasteiger partial charge < -0.3 is 20.5 Å². The van der Waals surface area contributed by atoms with E-state index in [4.69, 9.17) is 4.74 Å². The number of alkyl carbamates (subject to hydrolysis) is 1. The lowest BCUT2D eigenvalue weighted by molar-refractivity contribution is -0.143. The molecule has 0 aliphatic heterocycles. The molecule has 0 unspecified atom stereocenters. The second-order valence-electron chi connectivity index (χ2n) is 9.97. The quantitative estimate of drug-likeness (QED) is 0.230. The van der Waals surface area contributed by atoms with Crippen molar-refractivity contribution in [3.05, 3.63) is 95.6 Å². The number of hydrogen-bond donors (Lipinski definition) is 3. The van der Waals surface area contributed by atoms with Gasteiger partial charge in [-0.1, -0.05) is 92.7 Å². The molecule has 0 heterocycles. The van der Waals surface area contributed by atoms with Crippen molar-refractivity contribution in [2.75, 3.05) is 6.54 Å². The maximum atomic E-state index is 12.2. The molecule has 0 fully saturated rings. The first-order valence-corrected chi connectivity index (χ1v) is 13.5. The van der Waals surface area contributed by atoms with Crippen LogP contribution in [0.5, 0.6) is 0 Å². The lowest BCUT2D eigenvalue weighted by Gasteiger charge is -2.17. The molecule has 39 heavy (non-hydrogen) atoms. The lowest BCUT2D eigenvalue weighted by atomic mass is 9.99. The van der Waals surface area contributed by atoms with Gasteiger partial charge in [0.2, 0.25) is 5.91 Å². The topological polar surface area (TPSA) is 105 Å². The molecular formula is C32H38N2O5. The molecule has 0 aromatic heterocycles. The third-order valence-electron chi connectivity index (χ3n) is 6.51. The van der Waals surface area contributed by atoms with Crippen LogP contribution in [0.3, 0.4) is 0 Å². The number of hydrogen-bond acceptors (Lipinski definition) is 4. The van der Waals surface area contributed by atoms with Gasteiger partial charge in [0.05, 0.1) is 0 Å². The number of aryl methyl sites for hydroxylation is 2. The fourth-order valence-electron chi connectivity index (χ4n) is 4.16. The normalized spacial score (nSPS) is 11.6. The van der Waals surface area contributed by atoms with E-state index in [0.717, 1.165) is 41.5 Å². The summed E-state index contributed by atoms with van der Waals surface area (Å²) in [6.45, 7) is 4.40. The van der Waals surface area contributed by atoms with Crippen molar-refractivity contribution in [3.63, 3.8) is 0 Å². The number of unbranched alkanes of at least 4 members (excludes halogenated alkanes) is 1. The second-order valence-corrected chi connectivity index (χ2v) is 9.97.